The molecule has 0 aliphatic carbocycles. The SMILES string of the molecule is C=CC(=O)N1CCC(Oc2cc3c(Nc4ccc(Oc5ccn(C(=O)NC(C)(C)CF)n5)cc4F)ncnc3cc2OC)CC1. The van der Waals surface area contributed by atoms with Gasteiger partial charge in [0.25, 0.3) is 0 Å². The van der Waals surface area contributed by atoms with Gasteiger partial charge >= 0.3 is 6.03 Å². The molecule has 2 N–H and O–H groups in total. The van der Waals surface area contributed by atoms with Crippen molar-refractivity contribution >= 4 is 34.3 Å². The number of likely N-dealkylation sites (tertiary alicyclic amines) is 1. The molecular formula is C31H33F2N7O5. The summed E-state index contributed by atoms with van der Waals surface area (Å²) in [6, 6.07) is 8.43. The number of rotatable bonds is 10. The lowest BCUT2D eigenvalue weighted by Gasteiger charge is -2.31. The number of benzene rings is 2. The van der Waals surface area contributed by atoms with E-state index in [2.05, 4.69) is 32.3 Å². The van der Waals surface area contributed by atoms with Gasteiger partial charge < -0.3 is 29.7 Å². The highest BCUT2D eigenvalue weighted by Crippen LogP contribution is 2.37. The molecule has 1 aliphatic heterocycles. The first-order valence-electron chi connectivity index (χ1n) is 14.2. The maximum atomic E-state index is 15.2. The number of carbonyl (C=O) groups is 2. The van der Waals surface area contributed by atoms with Crippen molar-refractivity contribution in [2.45, 2.75) is 38.3 Å². The maximum Gasteiger partial charge on any atom is 0.342 e. The molecule has 3 heterocycles. The van der Waals surface area contributed by atoms with Gasteiger partial charge in [-0.05, 0) is 38.1 Å². The van der Waals surface area contributed by atoms with Gasteiger partial charge in [0.2, 0.25) is 11.8 Å². The van der Waals surface area contributed by atoms with E-state index in [1.807, 2.05) is 0 Å². The Morgan fingerprint density at radius 3 is 2.60 bits per heavy atom. The van der Waals surface area contributed by atoms with Gasteiger partial charge in [-0.3, -0.25) is 4.79 Å². The van der Waals surface area contributed by atoms with Crippen molar-refractivity contribution < 1.29 is 32.6 Å². The molecule has 14 heteroatoms. The predicted octanol–water partition coefficient (Wildman–Crippen LogP) is 5.37. The van der Waals surface area contributed by atoms with Gasteiger partial charge in [0.1, 0.15) is 36.5 Å². The van der Waals surface area contributed by atoms with Crippen molar-refractivity contribution in [3.05, 3.63) is 67.4 Å². The van der Waals surface area contributed by atoms with E-state index in [0.29, 0.717) is 54.2 Å². The first-order valence-corrected chi connectivity index (χ1v) is 14.2. The van der Waals surface area contributed by atoms with Crippen LogP contribution in [0.5, 0.6) is 23.1 Å². The molecule has 0 atom stereocenters. The van der Waals surface area contributed by atoms with Crippen LogP contribution in [0.1, 0.15) is 26.7 Å². The molecule has 0 spiro atoms. The maximum absolute atomic E-state index is 15.2. The highest BCUT2D eigenvalue weighted by Gasteiger charge is 2.25. The van der Waals surface area contributed by atoms with Gasteiger partial charge in [-0.1, -0.05) is 6.58 Å². The second-order valence-electron chi connectivity index (χ2n) is 11.0. The Morgan fingerprint density at radius 2 is 1.91 bits per heavy atom. The monoisotopic (exact) mass is 621 g/mol. The Labute approximate surface area is 258 Å². The van der Waals surface area contributed by atoms with E-state index in [-0.39, 0.29) is 29.3 Å². The summed E-state index contributed by atoms with van der Waals surface area (Å²) in [4.78, 5) is 34.6. The third-order valence-electron chi connectivity index (χ3n) is 7.11. The number of hydrogen-bond donors (Lipinski definition) is 2. The van der Waals surface area contributed by atoms with Crippen LogP contribution in [-0.2, 0) is 4.79 Å². The summed E-state index contributed by atoms with van der Waals surface area (Å²) in [5.74, 6) is 0.745. The minimum Gasteiger partial charge on any atom is -0.493 e. The predicted molar refractivity (Wildman–Crippen MR) is 162 cm³/mol. The molecule has 5 rings (SSSR count). The quantitative estimate of drug-likeness (QED) is 0.224. The number of anilines is 2. The molecule has 2 amide bonds. The van der Waals surface area contributed by atoms with Crippen molar-refractivity contribution in [3.8, 4) is 23.1 Å². The van der Waals surface area contributed by atoms with E-state index in [4.69, 9.17) is 14.2 Å². The zero-order valence-electron chi connectivity index (χ0n) is 25.0. The summed E-state index contributed by atoms with van der Waals surface area (Å²) in [6.45, 7) is 6.98. The Balaban J connectivity index is 1.30. The normalized spacial score (nSPS) is 13.8. The number of fused-ring (bicyclic) bond motifs is 1. The second-order valence-corrected chi connectivity index (χ2v) is 11.0. The topological polar surface area (TPSA) is 133 Å². The third kappa shape index (κ3) is 7.28. The Hall–Kier alpha value is -5.27. The average Bonchev–Trinajstić information content (AvgIpc) is 3.51. The van der Waals surface area contributed by atoms with Gasteiger partial charge in [-0.15, -0.1) is 5.10 Å². The van der Waals surface area contributed by atoms with E-state index < -0.39 is 24.1 Å². The molecule has 0 bridgehead atoms. The fourth-order valence-electron chi connectivity index (χ4n) is 4.68. The first-order chi connectivity index (χ1) is 21.6. The molecule has 0 radical (unpaired) electrons. The molecule has 12 nitrogen and oxygen atoms in total. The number of ether oxygens (including phenoxy) is 3. The average molecular weight is 622 g/mol. The van der Waals surface area contributed by atoms with Crippen LogP contribution < -0.4 is 24.8 Å². The van der Waals surface area contributed by atoms with E-state index in [1.54, 1.807) is 30.9 Å². The molecule has 1 saturated heterocycles. The van der Waals surface area contributed by atoms with Crippen LogP contribution in [0.2, 0.25) is 0 Å². The molecule has 0 saturated carbocycles. The molecular weight excluding hydrogens is 588 g/mol. The van der Waals surface area contributed by atoms with E-state index in [9.17, 15) is 14.0 Å². The van der Waals surface area contributed by atoms with Crippen LogP contribution in [0, 0.1) is 5.82 Å². The summed E-state index contributed by atoms with van der Waals surface area (Å²) < 4.78 is 46.7. The number of nitrogens with one attached hydrogen (secondary N) is 2. The molecule has 0 unspecified atom stereocenters. The summed E-state index contributed by atoms with van der Waals surface area (Å²) >= 11 is 0. The Morgan fingerprint density at radius 1 is 1.13 bits per heavy atom. The van der Waals surface area contributed by atoms with Crippen molar-refractivity contribution in [2.75, 3.05) is 32.2 Å². The van der Waals surface area contributed by atoms with Crippen LogP contribution in [0.4, 0.5) is 25.1 Å². The molecule has 1 aliphatic rings. The van der Waals surface area contributed by atoms with E-state index in [0.717, 1.165) is 10.7 Å². The zero-order chi connectivity index (χ0) is 32.1. The van der Waals surface area contributed by atoms with Gasteiger partial charge in [0.15, 0.2) is 11.5 Å². The number of nitrogens with zero attached hydrogens (tertiary/aromatic N) is 5. The number of alkyl halides is 1. The van der Waals surface area contributed by atoms with E-state index in [1.165, 1.54) is 43.9 Å². The van der Waals surface area contributed by atoms with Crippen LogP contribution in [0.25, 0.3) is 10.9 Å². The van der Waals surface area contributed by atoms with Gasteiger partial charge in [-0.25, -0.2) is 23.5 Å². The minimum atomic E-state index is -1.06. The lowest BCUT2D eigenvalue weighted by Crippen LogP contribution is -2.47. The smallest absolute Gasteiger partial charge is 0.342 e. The number of hydrogen-bond acceptors (Lipinski definition) is 9. The zero-order valence-corrected chi connectivity index (χ0v) is 25.0. The number of aromatic nitrogens is 4. The second kappa shape index (κ2) is 13.2. The van der Waals surface area contributed by atoms with Crippen molar-refractivity contribution in [3.63, 3.8) is 0 Å². The number of carbonyl (C=O) groups excluding carboxylic acids is 2. The molecule has 2 aromatic carbocycles. The third-order valence-corrected chi connectivity index (χ3v) is 7.11. The standard InChI is InChI=1S/C31H33F2N7O5/c1-5-28(41)39-11-8-19(9-12-39)44-26-15-21-24(16-25(26)43-4)34-18-35-29(21)36-23-7-6-20(14-22(23)33)45-27-10-13-40(38-27)30(42)37-31(2,3)17-32/h5-7,10,13-16,18-19H,1,8-9,11-12,17H2,2-4H3,(H,37,42)(H,34,35,36). The number of amides is 2. The van der Waals surface area contributed by atoms with Gasteiger partial charge in [-0.2, -0.15) is 4.68 Å². The van der Waals surface area contributed by atoms with E-state index >= 15 is 4.39 Å². The molecule has 4 aromatic rings. The number of methoxy groups -OCH3 is 1. The number of halogens is 2. The fourth-order valence-corrected chi connectivity index (χ4v) is 4.68. The van der Waals surface area contributed by atoms with Crippen LogP contribution in [0.3, 0.4) is 0 Å². The minimum absolute atomic E-state index is 0.0459. The van der Waals surface area contributed by atoms with Crippen molar-refractivity contribution in [2.24, 2.45) is 0 Å². The van der Waals surface area contributed by atoms with Gasteiger partial charge in [0.05, 0.1) is 23.9 Å². The summed E-state index contributed by atoms with van der Waals surface area (Å²) in [5.41, 5.74) is -0.381. The Bertz CT molecular complexity index is 1720. The first kappa shape index (κ1) is 31.2. The van der Waals surface area contributed by atoms with Gasteiger partial charge in [0, 0.05) is 55.7 Å². The summed E-state index contributed by atoms with van der Waals surface area (Å²) in [6.07, 6.45) is 5.16. The molecule has 236 valence electrons. The van der Waals surface area contributed by atoms with Crippen LogP contribution in [0.15, 0.2) is 61.6 Å². The van der Waals surface area contributed by atoms with Crippen LogP contribution >= 0.6 is 0 Å². The lowest BCUT2D eigenvalue weighted by atomic mass is 10.1. The largest absolute Gasteiger partial charge is 0.493 e. The molecule has 2 aromatic heterocycles. The summed E-state index contributed by atoms with van der Waals surface area (Å²) in [7, 11) is 1.53. The highest BCUT2D eigenvalue weighted by atomic mass is 19.1. The van der Waals surface area contributed by atoms with Crippen molar-refractivity contribution in [1.29, 1.82) is 0 Å². The molecule has 1 fully saturated rings. The van der Waals surface area contributed by atoms with Crippen LogP contribution in [-0.4, -0.2) is 75.1 Å². The summed E-state index contributed by atoms with van der Waals surface area (Å²) in [5, 5.41) is 10.1. The number of piperidine rings is 1. The Kier molecular flexibility index (Phi) is 9.11. The fraction of sp³-hybridized carbons (Fsp3) is 0.323. The molecule has 45 heavy (non-hydrogen) atoms. The lowest BCUT2D eigenvalue weighted by molar-refractivity contribution is -0.127. The van der Waals surface area contributed by atoms with Crippen molar-refractivity contribution in [1.82, 2.24) is 30.0 Å². The highest BCUT2D eigenvalue weighted by molar-refractivity contribution is 5.93.